The zero-order chi connectivity index (χ0) is 11.7. The van der Waals surface area contributed by atoms with E-state index in [1.165, 1.54) is 44.2 Å². The molecule has 3 rings (SSSR count). The van der Waals surface area contributed by atoms with E-state index in [2.05, 4.69) is 34.4 Å². The van der Waals surface area contributed by atoms with Crippen molar-refractivity contribution < 1.29 is 0 Å². The van der Waals surface area contributed by atoms with Crippen LogP contribution in [0.2, 0.25) is 0 Å². The van der Waals surface area contributed by atoms with Crippen LogP contribution in [0.1, 0.15) is 43.7 Å². The first-order chi connectivity index (χ1) is 8.34. The van der Waals surface area contributed by atoms with Crippen LogP contribution in [0.25, 0.3) is 0 Å². The fraction of sp³-hybridized carbons (Fsp3) is 0.643. The van der Waals surface area contributed by atoms with Gasteiger partial charge in [-0.2, -0.15) is 0 Å². The summed E-state index contributed by atoms with van der Waals surface area (Å²) in [4.78, 5) is 7.00. The maximum Gasteiger partial charge on any atom is 0.130 e. The van der Waals surface area contributed by atoms with Crippen molar-refractivity contribution in [2.75, 3.05) is 18.9 Å². The third kappa shape index (κ3) is 2.44. The predicted molar refractivity (Wildman–Crippen MR) is 70.1 cm³/mol. The lowest BCUT2D eigenvalue weighted by Crippen LogP contribution is -2.30. The zero-order valence-electron chi connectivity index (χ0n) is 10.5. The monoisotopic (exact) mass is 231 g/mol. The lowest BCUT2D eigenvalue weighted by atomic mass is 9.96. The van der Waals surface area contributed by atoms with Gasteiger partial charge in [-0.15, -0.1) is 0 Å². The summed E-state index contributed by atoms with van der Waals surface area (Å²) >= 11 is 0. The number of pyridine rings is 1. The molecule has 1 saturated heterocycles. The Kier molecular flexibility index (Phi) is 3.02. The highest BCUT2D eigenvalue weighted by Crippen LogP contribution is 2.34. The van der Waals surface area contributed by atoms with E-state index in [9.17, 15) is 0 Å². The van der Waals surface area contributed by atoms with Crippen LogP contribution in [-0.2, 0) is 0 Å². The van der Waals surface area contributed by atoms with Crippen molar-refractivity contribution in [3.63, 3.8) is 0 Å². The Bertz CT molecular complexity index is 387. The van der Waals surface area contributed by atoms with Gasteiger partial charge in [-0.1, -0.05) is 12.5 Å². The van der Waals surface area contributed by atoms with Crippen LogP contribution in [0.15, 0.2) is 18.3 Å². The van der Waals surface area contributed by atoms with Crippen molar-refractivity contribution in [2.45, 2.75) is 44.2 Å². The third-order valence-corrected chi connectivity index (χ3v) is 3.89. The molecule has 92 valence electrons. The van der Waals surface area contributed by atoms with Crippen LogP contribution >= 0.6 is 0 Å². The standard InChI is InChI=1S/C14H21N3/c1-17-10-3-2-6-13(17)12-5-4-9-15-14(12)16-11-7-8-11/h4-5,9,11,13H,2-3,6-8,10H2,1H3,(H,15,16). The highest BCUT2D eigenvalue weighted by Gasteiger charge is 2.27. The second-order valence-electron chi connectivity index (χ2n) is 5.35. The van der Waals surface area contributed by atoms with Crippen LogP contribution in [0.3, 0.4) is 0 Å². The molecule has 1 aromatic rings. The molecular formula is C14H21N3. The molecule has 1 unspecified atom stereocenters. The molecular weight excluding hydrogens is 210 g/mol. The van der Waals surface area contributed by atoms with E-state index in [4.69, 9.17) is 0 Å². The van der Waals surface area contributed by atoms with Crippen LogP contribution < -0.4 is 5.32 Å². The third-order valence-electron chi connectivity index (χ3n) is 3.89. The summed E-state index contributed by atoms with van der Waals surface area (Å²) in [5, 5.41) is 3.56. The van der Waals surface area contributed by atoms with Gasteiger partial charge in [-0.25, -0.2) is 4.98 Å². The number of anilines is 1. The van der Waals surface area contributed by atoms with E-state index in [0.29, 0.717) is 12.1 Å². The first kappa shape index (κ1) is 11.0. The quantitative estimate of drug-likeness (QED) is 0.867. The molecule has 1 aliphatic carbocycles. The van der Waals surface area contributed by atoms with Crippen molar-refractivity contribution in [3.8, 4) is 0 Å². The highest BCUT2D eigenvalue weighted by molar-refractivity contribution is 5.47. The van der Waals surface area contributed by atoms with Crippen molar-refractivity contribution in [1.29, 1.82) is 0 Å². The Hall–Kier alpha value is -1.09. The van der Waals surface area contributed by atoms with Gasteiger partial charge in [-0.05, 0) is 45.3 Å². The molecule has 0 spiro atoms. The van der Waals surface area contributed by atoms with Gasteiger partial charge in [-0.3, -0.25) is 4.90 Å². The number of aromatic nitrogens is 1. The molecule has 1 saturated carbocycles. The van der Waals surface area contributed by atoms with E-state index < -0.39 is 0 Å². The molecule has 17 heavy (non-hydrogen) atoms. The molecule has 0 radical (unpaired) electrons. The molecule has 3 heteroatoms. The van der Waals surface area contributed by atoms with Crippen LogP contribution in [-0.4, -0.2) is 29.5 Å². The average molecular weight is 231 g/mol. The summed E-state index contributed by atoms with van der Waals surface area (Å²) in [5.41, 5.74) is 1.39. The second kappa shape index (κ2) is 4.65. The minimum atomic E-state index is 0.554. The lowest BCUT2D eigenvalue weighted by Gasteiger charge is -2.33. The zero-order valence-corrected chi connectivity index (χ0v) is 10.5. The molecule has 0 amide bonds. The van der Waals surface area contributed by atoms with E-state index in [-0.39, 0.29) is 0 Å². The maximum atomic E-state index is 4.53. The first-order valence-corrected chi connectivity index (χ1v) is 6.76. The minimum Gasteiger partial charge on any atom is -0.367 e. The highest BCUT2D eigenvalue weighted by atomic mass is 15.1. The molecule has 2 aliphatic rings. The van der Waals surface area contributed by atoms with Gasteiger partial charge in [0.1, 0.15) is 5.82 Å². The lowest BCUT2D eigenvalue weighted by molar-refractivity contribution is 0.187. The number of nitrogens with one attached hydrogen (secondary N) is 1. The van der Waals surface area contributed by atoms with E-state index in [1.54, 1.807) is 0 Å². The van der Waals surface area contributed by atoms with Crippen molar-refractivity contribution in [2.24, 2.45) is 0 Å². The maximum absolute atomic E-state index is 4.53. The fourth-order valence-corrected chi connectivity index (χ4v) is 2.70. The molecule has 2 fully saturated rings. The van der Waals surface area contributed by atoms with E-state index in [1.807, 2.05) is 6.20 Å². The summed E-state index contributed by atoms with van der Waals surface area (Å²) in [7, 11) is 2.23. The molecule has 1 aromatic heterocycles. The van der Waals surface area contributed by atoms with Crippen LogP contribution in [0.5, 0.6) is 0 Å². The molecule has 0 aromatic carbocycles. The number of hydrogen-bond donors (Lipinski definition) is 1. The van der Waals surface area contributed by atoms with Gasteiger partial charge in [0.15, 0.2) is 0 Å². The minimum absolute atomic E-state index is 0.554. The number of hydrogen-bond acceptors (Lipinski definition) is 3. The average Bonchev–Trinajstić information content (AvgIpc) is 3.15. The Morgan fingerprint density at radius 2 is 2.18 bits per heavy atom. The van der Waals surface area contributed by atoms with Crippen molar-refractivity contribution in [3.05, 3.63) is 23.9 Å². The van der Waals surface area contributed by atoms with Gasteiger partial charge in [0.05, 0.1) is 0 Å². The van der Waals surface area contributed by atoms with Gasteiger partial charge in [0.25, 0.3) is 0 Å². The van der Waals surface area contributed by atoms with Gasteiger partial charge < -0.3 is 5.32 Å². The number of rotatable bonds is 3. The van der Waals surface area contributed by atoms with Gasteiger partial charge in [0.2, 0.25) is 0 Å². The SMILES string of the molecule is CN1CCCCC1c1cccnc1NC1CC1. The molecule has 0 bridgehead atoms. The smallest absolute Gasteiger partial charge is 0.130 e. The molecule has 3 nitrogen and oxygen atoms in total. The van der Waals surface area contributed by atoms with E-state index in [0.717, 1.165) is 5.82 Å². The topological polar surface area (TPSA) is 28.2 Å². The number of nitrogens with zero attached hydrogens (tertiary/aromatic N) is 2. The van der Waals surface area contributed by atoms with Crippen LogP contribution in [0, 0.1) is 0 Å². The van der Waals surface area contributed by atoms with Gasteiger partial charge in [0, 0.05) is 23.8 Å². The Morgan fingerprint density at radius 1 is 1.29 bits per heavy atom. The molecule has 1 atom stereocenters. The molecule has 1 aliphatic heterocycles. The number of likely N-dealkylation sites (tertiary alicyclic amines) is 1. The van der Waals surface area contributed by atoms with Crippen LogP contribution in [0.4, 0.5) is 5.82 Å². The number of piperidine rings is 1. The fourth-order valence-electron chi connectivity index (χ4n) is 2.70. The Balaban J connectivity index is 1.84. The molecule has 2 heterocycles. The summed E-state index contributed by atoms with van der Waals surface area (Å²) in [6, 6.07) is 5.54. The summed E-state index contributed by atoms with van der Waals surface area (Å²) in [6.45, 7) is 1.21. The first-order valence-electron chi connectivity index (χ1n) is 6.76. The Morgan fingerprint density at radius 3 is 2.94 bits per heavy atom. The normalized spacial score (nSPS) is 25.8. The summed E-state index contributed by atoms with van der Waals surface area (Å²) in [6.07, 6.45) is 8.44. The Labute approximate surface area is 103 Å². The van der Waals surface area contributed by atoms with Crippen molar-refractivity contribution >= 4 is 5.82 Å². The van der Waals surface area contributed by atoms with E-state index >= 15 is 0 Å². The summed E-state index contributed by atoms with van der Waals surface area (Å²) in [5.74, 6) is 1.12. The largest absolute Gasteiger partial charge is 0.367 e. The second-order valence-corrected chi connectivity index (χ2v) is 5.35. The molecule has 1 N–H and O–H groups in total. The predicted octanol–water partition coefficient (Wildman–Crippen LogP) is 2.81. The van der Waals surface area contributed by atoms with Crippen molar-refractivity contribution in [1.82, 2.24) is 9.88 Å². The van der Waals surface area contributed by atoms with Gasteiger partial charge >= 0.3 is 0 Å². The summed E-state index contributed by atoms with van der Waals surface area (Å²) < 4.78 is 0.